The third-order valence-electron chi connectivity index (χ3n) is 2.07. The van der Waals surface area contributed by atoms with Gasteiger partial charge in [-0.2, -0.15) is 0 Å². The van der Waals surface area contributed by atoms with Crippen molar-refractivity contribution in [2.75, 3.05) is 7.11 Å². The number of hydrogen-bond donors (Lipinski definition) is 1. The van der Waals surface area contributed by atoms with Gasteiger partial charge in [-0.25, -0.2) is 0 Å². The zero-order valence-corrected chi connectivity index (χ0v) is 8.34. The molecule has 0 saturated heterocycles. The molecule has 1 aromatic rings. The van der Waals surface area contributed by atoms with Gasteiger partial charge in [0, 0.05) is 0 Å². The molecular weight excluding hydrogens is 196 g/mol. The average molecular weight is 208 g/mol. The second-order valence-electron chi connectivity index (χ2n) is 3.10. The SMILES string of the molecule is COC(=O)[C@H](Cc1ccccc1)C(=O)O. The lowest BCUT2D eigenvalue weighted by Gasteiger charge is -2.09. The molecule has 1 N–H and O–H groups in total. The number of hydrogen-bond acceptors (Lipinski definition) is 3. The Morgan fingerprint density at radius 1 is 1.33 bits per heavy atom. The smallest absolute Gasteiger partial charge is 0.320 e. The van der Waals surface area contributed by atoms with Gasteiger partial charge in [-0.1, -0.05) is 30.3 Å². The number of carboxylic acid groups (broad SMARTS) is 1. The van der Waals surface area contributed by atoms with Gasteiger partial charge in [-0.15, -0.1) is 0 Å². The molecule has 15 heavy (non-hydrogen) atoms. The van der Waals surface area contributed by atoms with Gasteiger partial charge in [-0.05, 0) is 12.0 Å². The summed E-state index contributed by atoms with van der Waals surface area (Å²) in [5, 5.41) is 8.84. The molecule has 0 fully saturated rings. The normalized spacial score (nSPS) is 11.8. The fourth-order valence-electron chi connectivity index (χ4n) is 1.26. The first-order valence-electron chi connectivity index (χ1n) is 4.49. The van der Waals surface area contributed by atoms with Crippen LogP contribution in [0.15, 0.2) is 30.3 Å². The number of ether oxygens (including phenoxy) is 1. The van der Waals surface area contributed by atoms with Gasteiger partial charge in [0.15, 0.2) is 5.92 Å². The van der Waals surface area contributed by atoms with Crippen molar-refractivity contribution >= 4 is 11.9 Å². The summed E-state index contributed by atoms with van der Waals surface area (Å²) in [6.45, 7) is 0. The molecule has 0 aromatic heterocycles. The highest BCUT2D eigenvalue weighted by Gasteiger charge is 2.27. The van der Waals surface area contributed by atoms with E-state index >= 15 is 0 Å². The molecule has 1 atom stereocenters. The Bertz CT molecular complexity index is 345. The van der Waals surface area contributed by atoms with Gasteiger partial charge in [0.25, 0.3) is 0 Å². The first kappa shape index (κ1) is 11.2. The molecule has 0 amide bonds. The van der Waals surface area contributed by atoms with Gasteiger partial charge in [0.05, 0.1) is 7.11 Å². The molecule has 0 spiro atoms. The summed E-state index contributed by atoms with van der Waals surface area (Å²) in [6, 6.07) is 8.98. The molecule has 80 valence electrons. The summed E-state index contributed by atoms with van der Waals surface area (Å²) in [4.78, 5) is 22.0. The number of aliphatic carboxylic acids is 1. The minimum absolute atomic E-state index is 0.156. The van der Waals surface area contributed by atoms with Gasteiger partial charge < -0.3 is 9.84 Å². The lowest BCUT2D eigenvalue weighted by Crippen LogP contribution is -2.27. The summed E-state index contributed by atoms with van der Waals surface area (Å²) in [5.41, 5.74) is 0.801. The van der Waals surface area contributed by atoms with Crippen molar-refractivity contribution < 1.29 is 19.4 Å². The van der Waals surface area contributed by atoms with Crippen LogP contribution in [-0.2, 0) is 20.7 Å². The Balaban J connectivity index is 2.76. The van der Waals surface area contributed by atoms with E-state index in [1.807, 2.05) is 6.07 Å². The second kappa shape index (κ2) is 5.14. The predicted octanol–water partition coefficient (Wildman–Crippen LogP) is 1.10. The Morgan fingerprint density at radius 3 is 2.40 bits per heavy atom. The third kappa shape index (κ3) is 3.09. The Kier molecular flexibility index (Phi) is 3.85. The maximum absolute atomic E-state index is 11.2. The lowest BCUT2D eigenvalue weighted by atomic mass is 10.00. The van der Waals surface area contributed by atoms with Crippen LogP contribution in [0.4, 0.5) is 0 Å². The topological polar surface area (TPSA) is 63.6 Å². The van der Waals surface area contributed by atoms with Crippen molar-refractivity contribution in [3.63, 3.8) is 0 Å². The Hall–Kier alpha value is -1.84. The largest absolute Gasteiger partial charge is 0.481 e. The van der Waals surface area contributed by atoms with E-state index in [0.717, 1.165) is 5.56 Å². The van der Waals surface area contributed by atoms with Crippen molar-refractivity contribution in [3.05, 3.63) is 35.9 Å². The number of rotatable bonds is 4. The molecule has 1 aromatic carbocycles. The van der Waals surface area contributed by atoms with E-state index < -0.39 is 17.9 Å². The van der Waals surface area contributed by atoms with E-state index in [9.17, 15) is 9.59 Å². The molecule has 0 radical (unpaired) electrons. The van der Waals surface area contributed by atoms with E-state index in [1.165, 1.54) is 7.11 Å². The van der Waals surface area contributed by atoms with Crippen LogP contribution in [0.3, 0.4) is 0 Å². The molecular formula is C11H12O4. The Labute approximate surface area is 87.5 Å². The highest BCUT2D eigenvalue weighted by Crippen LogP contribution is 2.10. The summed E-state index contributed by atoms with van der Waals surface area (Å²) in [7, 11) is 1.18. The predicted molar refractivity (Wildman–Crippen MR) is 53.3 cm³/mol. The van der Waals surface area contributed by atoms with Crippen LogP contribution in [0, 0.1) is 5.92 Å². The molecule has 0 bridgehead atoms. The molecule has 4 nitrogen and oxygen atoms in total. The van der Waals surface area contributed by atoms with E-state index in [-0.39, 0.29) is 6.42 Å². The monoisotopic (exact) mass is 208 g/mol. The minimum atomic E-state index is -1.16. The van der Waals surface area contributed by atoms with Crippen molar-refractivity contribution in [2.45, 2.75) is 6.42 Å². The zero-order valence-electron chi connectivity index (χ0n) is 8.34. The first-order chi connectivity index (χ1) is 7.15. The van der Waals surface area contributed by atoms with Gasteiger partial charge in [-0.3, -0.25) is 9.59 Å². The zero-order chi connectivity index (χ0) is 11.3. The highest BCUT2D eigenvalue weighted by molar-refractivity contribution is 5.94. The van der Waals surface area contributed by atoms with E-state index in [1.54, 1.807) is 24.3 Å². The standard InChI is InChI=1S/C11H12O4/c1-15-11(14)9(10(12)13)7-8-5-3-2-4-6-8/h2-6,9H,7H2,1H3,(H,12,13)/t9-/m1/s1. The number of benzene rings is 1. The molecule has 0 aliphatic rings. The number of carbonyl (C=O) groups excluding carboxylic acids is 1. The van der Waals surface area contributed by atoms with Crippen molar-refractivity contribution in [2.24, 2.45) is 5.92 Å². The van der Waals surface area contributed by atoms with Crippen molar-refractivity contribution in [3.8, 4) is 0 Å². The molecule has 0 saturated carbocycles. The fraction of sp³-hybridized carbons (Fsp3) is 0.273. The molecule has 1 rings (SSSR count). The highest BCUT2D eigenvalue weighted by atomic mass is 16.5. The van der Waals surface area contributed by atoms with E-state index in [0.29, 0.717) is 0 Å². The van der Waals surface area contributed by atoms with Crippen LogP contribution in [0.2, 0.25) is 0 Å². The van der Waals surface area contributed by atoms with Crippen LogP contribution in [-0.4, -0.2) is 24.2 Å². The van der Waals surface area contributed by atoms with Crippen molar-refractivity contribution in [1.82, 2.24) is 0 Å². The molecule has 0 aliphatic carbocycles. The second-order valence-corrected chi connectivity index (χ2v) is 3.10. The van der Waals surface area contributed by atoms with E-state index in [2.05, 4.69) is 4.74 Å². The quantitative estimate of drug-likeness (QED) is 0.594. The fourth-order valence-corrected chi connectivity index (χ4v) is 1.26. The molecule has 0 heterocycles. The maximum atomic E-state index is 11.2. The molecule has 0 aliphatic heterocycles. The number of carboxylic acids is 1. The number of esters is 1. The van der Waals surface area contributed by atoms with Crippen LogP contribution in [0.25, 0.3) is 0 Å². The number of carbonyl (C=O) groups is 2. The van der Waals surface area contributed by atoms with Crippen molar-refractivity contribution in [1.29, 1.82) is 0 Å². The van der Waals surface area contributed by atoms with Gasteiger partial charge in [0.1, 0.15) is 0 Å². The summed E-state index contributed by atoms with van der Waals surface area (Å²) < 4.78 is 4.43. The summed E-state index contributed by atoms with van der Waals surface area (Å²) in [6.07, 6.45) is 0.156. The van der Waals surface area contributed by atoms with Crippen LogP contribution in [0.5, 0.6) is 0 Å². The summed E-state index contributed by atoms with van der Waals surface area (Å²) >= 11 is 0. The van der Waals surface area contributed by atoms with Crippen LogP contribution >= 0.6 is 0 Å². The number of methoxy groups -OCH3 is 1. The van der Waals surface area contributed by atoms with Gasteiger partial charge in [0.2, 0.25) is 0 Å². The first-order valence-corrected chi connectivity index (χ1v) is 4.49. The maximum Gasteiger partial charge on any atom is 0.320 e. The lowest BCUT2D eigenvalue weighted by molar-refractivity contribution is -0.156. The Morgan fingerprint density at radius 2 is 1.93 bits per heavy atom. The van der Waals surface area contributed by atoms with E-state index in [4.69, 9.17) is 5.11 Å². The van der Waals surface area contributed by atoms with Crippen LogP contribution < -0.4 is 0 Å². The minimum Gasteiger partial charge on any atom is -0.481 e. The average Bonchev–Trinajstić information content (AvgIpc) is 2.26. The molecule has 4 heteroatoms. The van der Waals surface area contributed by atoms with Gasteiger partial charge >= 0.3 is 11.9 Å². The van der Waals surface area contributed by atoms with Crippen LogP contribution in [0.1, 0.15) is 5.56 Å². The third-order valence-corrected chi connectivity index (χ3v) is 2.07. The molecule has 0 unspecified atom stereocenters. The summed E-state index contributed by atoms with van der Waals surface area (Å²) in [5.74, 6) is -3.01.